The molecule has 45 heavy (non-hydrogen) atoms. The molecular weight excluding hydrogens is 570 g/mol. The van der Waals surface area contributed by atoms with Gasteiger partial charge in [0.25, 0.3) is 0 Å². The lowest BCUT2D eigenvalue weighted by atomic mass is 9.44. The summed E-state index contributed by atoms with van der Waals surface area (Å²) >= 11 is 0. The van der Waals surface area contributed by atoms with Crippen molar-refractivity contribution in [2.75, 3.05) is 45.9 Å². The zero-order chi connectivity index (χ0) is 31.7. The zero-order valence-electron chi connectivity index (χ0n) is 28.1. The van der Waals surface area contributed by atoms with Gasteiger partial charge in [-0.2, -0.15) is 0 Å². The van der Waals surface area contributed by atoms with Gasteiger partial charge in [0, 0.05) is 68.9 Å². The molecular formula is C36H57N3O6. The van der Waals surface area contributed by atoms with Crippen molar-refractivity contribution in [3.05, 3.63) is 0 Å². The molecule has 2 N–H and O–H groups in total. The van der Waals surface area contributed by atoms with E-state index >= 15 is 0 Å². The maximum Gasteiger partial charge on any atom is 0.232 e. The number of nitrogens with zero attached hydrogens (tertiary/aromatic N) is 2. The summed E-state index contributed by atoms with van der Waals surface area (Å²) in [7, 11) is 0. The van der Waals surface area contributed by atoms with Gasteiger partial charge in [-0.1, -0.05) is 27.7 Å². The standard InChI is InChI=1S/C36H57N3O6/c1-22-7-10-36(44-21-22)23(2)33-29(45-36)18-28-26-6-5-24-17-25(8-9-34(24,3)27(26)19-30(41)35(28,33)4)37-31(42)20-32(43)39-13-11-38(12-14-39)15-16-40/h22-29,33,40H,5-21H2,1-4H3,(H,37,42)/t22-,23+,24+,25+,26-,27+,28+,29+,33+,34+,35-,36-/m1/s1. The Kier molecular flexibility index (Phi) is 8.43. The molecule has 7 rings (SSSR count). The van der Waals surface area contributed by atoms with Gasteiger partial charge in [-0.15, -0.1) is 0 Å². The van der Waals surface area contributed by atoms with Crippen LogP contribution in [0.5, 0.6) is 0 Å². The lowest BCUT2D eigenvalue weighted by molar-refractivity contribution is -0.272. The molecule has 2 amide bonds. The number of aliphatic hydroxyl groups is 1. The average molecular weight is 628 g/mol. The monoisotopic (exact) mass is 627 g/mol. The predicted octanol–water partition coefficient (Wildman–Crippen LogP) is 3.62. The fourth-order valence-electron chi connectivity index (χ4n) is 12.0. The van der Waals surface area contributed by atoms with Gasteiger partial charge in [0.1, 0.15) is 12.2 Å². The van der Waals surface area contributed by atoms with Crippen LogP contribution in [0.2, 0.25) is 0 Å². The van der Waals surface area contributed by atoms with Crippen LogP contribution in [0, 0.1) is 52.3 Å². The molecule has 4 aliphatic carbocycles. The summed E-state index contributed by atoms with van der Waals surface area (Å²) in [6, 6.07) is 0.0976. The Morgan fingerprint density at radius 1 is 1.00 bits per heavy atom. The third-order valence-corrected chi connectivity index (χ3v) is 14.6. The van der Waals surface area contributed by atoms with E-state index in [-0.39, 0.29) is 59.7 Å². The molecule has 12 atom stereocenters. The normalized spacial score (nSPS) is 48.0. The lowest BCUT2D eigenvalue weighted by Gasteiger charge is -2.60. The Balaban J connectivity index is 0.967. The lowest BCUT2D eigenvalue weighted by Crippen LogP contribution is -2.59. The summed E-state index contributed by atoms with van der Waals surface area (Å²) in [6.07, 6.45) is 8.96. The van der Waals surface area contributed by atoms with Crippen LogP contribution in [-0.4, -0.2) is 96.4 Å². The van der Waals surface area contributed by atoms with Crippen molar-refractivity contribution in [1.29, 1.82) is 0 Å². The summed E-state index contributed by atoms with van der Waals surface area (Å²) in [5, 5.41) is 12.4. The summed E-state index contributed by atoms with van der Waals surface area (Å²) in [5.74, 6) is 2.58. The topological polar surface area (TPSA) is 108 Å². The van der Waals surface area contributed by atoms with E-state index in [1.54, 1.807) is 4.90 Å². The molecule has 252 valence electrons. The van der Waals surface area contributed by atoms with Gasteiger partial charge in [-0.05, 0) is 80.0 Å². The van der Waals surface area contributed by atoms with Crippen molar-refractivity contribution in [1.82, 2.24) is 15.1 Å². The minimum absolute atomic E-state index is 0.0912. The van der Waals surface area contributed by atoms with E-state index in [9.17, 15) is 14.4 Å². The van der Waals surface area contributed by atoms with Crippen molar-refractivity contribution >= 4 is 17.6 Å². The number of fused-ring (bicyclic) bond motifs is 7. The van der Waals surface area contributed by atoms with E-state index in [2.05, 4.69) is 37.9 Å². The number of piperazine rings is 1. The average Bonchev–Trinajstić information content (AvgIpc) is 3.46. The molecule has 0 aromatic rings. The third-order valence-electron chi connectivity index (χ3n) is 14.6. The number of hydrogen-bond donors (Lipinski definition) is 2. The van der Waals surface area contributed by atoms with Crippen LogP contribution in [0.15, 0.2) is 0 Å². The fraction of sp³-hybridized carbons (Fsp3) is 0.917. The Hall–Kier alpha value is -1.55. The van der Waals surface area contributed by atoms with Crippen LogP contribution in [-0.2, 0) is 23.9 Å². The van der Waals surface area contributed by atoms with E-state index in [1.807, 2.05) is 0 Å². The molecule has 9 heteroatoms. The van der Waals surface area contributed by atoms with Crippen molar-refractivity contribution in [2.24, 2.45) is 52.3 Å². The number of ketones is 1. The van der Waals surface area contributed by atoms with Gasteiger partial charge >= 0.3 is 0 Å². The first-order chi connectivity index (χ1) is 21.5. The molecule has 0 aromatic carbocycles. The van der Waals surface area contributed by atoms with Gasteiger partial charge < -0.3 is 24.8 Å². The second-order valence-electron chi connectivity index (χ2n) is 16.7. The molecule has 9 nitrogen and oxygen atoms in total. The Morgan fingerprint density at radius 2 is 1.78 bits per heavy atom. The number of amides is 2. The molecule has 3 aliphatic heterocycles. The van der Waals surface area contributed by atoms with Crippen molar-refractivity contribution in [3.63, 3.8) is 0 Å². The minimum atomic E-state index is -0.501. The number of aliphatic hydroxyl groups excluding tert-OH is 1. The molecule has 0 aromatic heterocycles. The molecule has 7 aliphatic rings. The van der Waals surface area contributed by atoms with Crippen molar-refractivity contribution < 1.29 is 29.0 Å². The molecule has 3 heterocycles. The Labute approximate surface area is 269 Å². The van der Waals surface area contributed by atoms with Crippen LogP contribution >= 0.6 is 0 Å². The van der Waals surface area contributed by atoms with E-state index < -0.39 is 5.79 Å². The highest BCUT2D eigenvalue weighted by Gasteiger charge is 2.71. The molecule has 0 unspecified atom stereocenters. The maximum absolute atomic E-state index is 14.4. The second-order valence-corrected chi connectivity index (χ2v) is 16.7. The highest BCUT2D eigenvalue weighted by molar-refractivity contribution is 5.97. The number of carbonyl (C=O) groups is 3. The van der Waals surface area contributed by atoms with Gasteiger partial charge in [0.2, 0.25) is 11.8 Å². The predicted molar refractivity (Wildman–Crippen MR) is 169 cm³/mol. The summed E-state index contributed by atoms with van der Waals surface area (Å²) in [5.41, 5.74) is -0.216. The third kappa shape index (κ3) is 5.21. The van der Waals surface area contributed by atoms with E-state index in [0.29, 0.717) is 61.4 Å². The molecule has 3 saturated heterocycles. The minimum Gasteiger partial charge on any atom is -0.395 e. The summed E-state index contributed by atoms with van der Waals surface area (Å²) in [4.78, 5) is 44.1. The smallest absolute Gasteiger partial charge is 0.232 e. The van der Waals surface area contributed by atoms with Gasteiger partial charge in [0.15, 0.2) is 5.79 Å². The van der Waals surface area contributed by atoms with Crippen LogP contribution in [0.1, 0.15) is 91.9 Å². The Bertz CT molecular complexity index is 1160. The largest absolute Gasteiger partial charge is 0.395 e. The highest BCUT2D eigenvalue weighted by atomic mass is 16.7. The van der Waals surface area contributed by atoms with Gasteiger partial charge in [-0.3, -0.25) is 19.3 Å². The Morgan fingerprint density at radius 3 is 2.49 bits per heavy atom. The number of nitrogens with one attached hydrogen (secondary N) is 1. The number of Topliss-reactive ketones (excluding diaryl/α,β-unsaturated/α-hetero) is 1. The van der Waals surface area contributed by atoms with Crippen LogP contribution in [0.4, 0.5) is 0 Å². The first-order valence-electron chi connectivity index (χ1n) is 18.2. The first-order valence-corrected chi connectivity index (χ1v) is 18.2. The first kappa shape index (κ1) is 32.0. The summed E-state index contributed by atoms with van der Waals surface area (Å²) in [6.45, 7) is 13.5. The van der Waals surface area contributed by atoms with E-state index in [4.69, 9.17) is 14.6 Å². The fourth-order valence-corrected chi connectivity index (χ4v) is 12.0. The van der Waals surface area contributed by atoms with Crippen LogP contribution in [0.25, 0.3) is 0 Å². The van der Waals surface area contributed by atoms with Gasteiger partial charge in [0.05, 0.1) is 19.3 Å². The number of hydrogen-bond acceptors (Lipinski definition) is 7. The number of β-amino-alcohol motifs (C(OH)–C–C–N with tert-alkyl or cyclic N) is 1. The van der Waals surface area contributed by atoms with Crippen LogP contribution < -0.4 is 5.32 Å². The van der Waals surface area contributed by atoms with Gasteiger partial charge in [-0.25, -0.2) is 0 Å². The molecule has 0 radical (unpaired) electrons. The highest BCUT2D eigenvalue weighted by Crippen LogP contribution is 2.70. The number of ether oxygens (including phenoxy) is 2. The molecule has 4 saturated carbocycles. The summed E-state index contributed by atoms with van der Waals surface area (Å²) < 4.78 is 13.3. The zero-order valence-corrected chi connectivity index (χ0v) is 28.1. The quantitative estimate of drug-likeness (QED) is 0.449. The van der Waals surface area contributed by atoms with Crippen molar-refractivity contribution in [3.8, 4) is 0 Å². The van der Waals surface area contributed by atoms with Crippen LogP contribution in [0.3, 0.4) is 0 Å². The molecule has 1 spiro atoms. The maximum atomic E-state index is 14.4. The molecule has 0 bridgehead atoms. The SMILES string of the molecule is C[C@@H]1CC[C@@]2(OC1)O[C@H]1C[C@H]3[C@@H]4CC[C@H]5C[C@@H](NC(=O)CC(=O)N6CCN(CCO)CC6)CC[C@]5(C)[C@H]4CC(=O)[C@]3(C)[C@H]1[C@@H]2C. The van der Waals surface area contributed by atoms with E-state index in [1.165, 1.54) is 0 Å². The molecule has 7 fully saturated rings. The number of rotatable bonds is 5. The second kappa shape index (κ2) is 11.9. The van der Waals surface area contributed by atoms with Crippen molar-refractivity contribution in [2.45, 2.75) is 110 Å². The van der Waals surface area contributed by atoms with E-state index in [0.717, 1.165) is 71.1 Å². The number of carbonyl (C=O) groups excluding carboxylic acids is 3.